The molecule has 1 heterocycles. The molecule has 0 spiro atoms. The number of hydrogen-bond acceptors (Lipinski definition) is 8. The smallest absolute Gasteiger partial charge is 0.336 e. The van der Waals surface area contributed by atoms with Gasteiger partial charge in [0.15, 0.2) is 11.7 Å². The molecule has 4 aliphatic rings. The Bertz CT molecular complexity index is 1080. The highest BCUT2D eigenvalue weighted by Crippen LogP contribution is 2.67. The second kappa shape index (κ2) is 9.66. The Morgan fingerprint density at radius 3 is 2.23 bits per heavy atom. The zero-order valence-electron chi connectivity index (χ0n) is 25.5. The molecule has 4 rings (SSSR count). The molecule has 2 saturated carbocycles. The van der Waals surface area contributed by atoms with E-state index in [2.05, 4.69) is 6.92 Å². The fourth-order valence-electron chi connectivity index (χ4n) is 9.15. The Labute approximate surface area is 233 Å². The lowest BCUT2D eigenvalue weighted by molar-refractivity contribution is -0.332. The van der Waals surface area contributed by atoms with Crippen LogP contribution in [0, 0.1) is 40.4 Å². The lowest BCUT2D eigenvalue weighted by atomic mass is 9.40. The van der Waals surface area contributed by atoms with E-state index in [1.165, 1.54) is 14.0 Å². The third kappa shape index (κ3) is 3.98. The highest BCUT2D eigenvalue weighted by molar-refractivity contribution is 5.91. The fraction of sp³-hybridized carbons (Fsp3) is 0.839. The quantitative estimate of drug-likeness (QED) is 0.401. The van der Waals surface area contributed by atoms with E-state index >= 15 is 0 Å². The van der Waals surface area contributed by atoms with Gasteiger partial charge in [0.2, 0.25) is 0 Å². The molecule has 0 aromatic carbocycles. The highest BCUT2D eigenvalue weighted by atomic mass is 16.6. The molecule has 0 aromatic rings. The number of methoxy groups -OCH3 is 1. The van der Waals surface area contributed by atoms with Crippen molar-refractivity contribution in [3.8, 4) is 0 Å². The van der Waals surface area contributed by atoms with E-state index in [0.717, 1.165) is 11.1 Å². The van der Waals surface area contributed by atoms with Crippen molar-refractivity contribution in [3.05, 3.63) is 11.1 Å². The van der Waals surface area contributed by atoms with Gasteiger partial charge in [0.1, 0.15) is 18.0 Å². The van der Waals surface area contributed by atoms with Crippen molar-refractivity contribution < 1.29 is 38.4 Å². The molecular formula is C31H48O8. The normalized spacial score (nSPS) is 43.9. The molecule has 220 valence electrons. The molecule has 1 saturated heterocycles. The first kappa shape index (κ1) is 30.2. The van der Waals surface area contributed by atoms with Crippen LogP contribution < -0.4 is 0 Å². The van der Waals surface area contributed by atoms with E-state index in [1.54, 1.807) is 0 Å². The molecule has 8 heteroatoms. The molecule has 1 aliphatic heterocycles. The summed E-state index contributed by atoms with van der Waals surface area (Å²) in [5.41, 5.74) is -2.43. The van der Waals surface area contributed by atoms with Crippen LogP contribution in [0.1, 0.15) is 82.1 Å². The van der Waals surface area contributed by atoms with Crippen LogP contribution in [0.2, 0.25) is 0 Å². The van der Waals surface area contributed by atoms with Crippen LogP contribution in [0.25, 0.3) is 0 Å². The van der Waals surface area contributed by atoms with E-state index < -0.39 is 63.9 Å². The summed E-state index contributed by atoms with van der Waals surface area (Å²) in [5, 5.41) is 12.9. The molecule has 1 N–H and O–H groups in total. The van der Waals surface area contributed by atoms with E-state index in [4.69, 9.17) is 18.9 Å². The molecule has 0 aromatic heterocycles. The number of rotatable bonds is 5. The van der Waals surface area contributed by atoms with E-state index in [0.29, 0.717) is 6.42 Å². The van der Waals surface area contributed by atoms with Gasteiger partial charge in [0, 0.05) is 43.1 Å². The molecular weight excluding hydrogens is 500 g/mol. The fourth-order valence-corrected chi connectivity index (χ4v) is 9.15. The number of carbonyl (C=O) groups excluding carboxylic acids is 3. The largest absolute Gasteiger partial charge is 0.456 e. The molecule has 8 nitrogen and oxygen atoms in total. The van der Waals surface area contributed by atoms with Crippen LogP contribution in [0.15, 0.2) is 11.1 Å². The topological polar surface area (TPSA) is 108 Å². The molecule has 3 aliphatic carbocycles. The van der Waals surface area contributed by atoms with Gasteiger partial charge in [-0.3, -0.25) is 9.59 Å². The van der Waals surface area contributed by atoms with Gasteiger partial charge in [-0.2, -0.15) is 0 Å². The van der Waals surface area contributed by atoms with Gasteiger partial charge < -0.3 is 24.1 Å². The molecule has 10 atom stereocenters. The van der Waals surface area contributed by atoms with Crippen molar-refractivity contribution in [1.82, 2.24) is 0 Å². The molecule has 0 radical (unpaired) electrons. The lowest BCUT2D eigenvalue weighted by Crippen LogP contribution is -2.78. The SMILES string of the molecule is COC(C(=O)OC1CC2(O)C(C)C3[C@]4(OC(C)=O)COC4C[C@H](C)[C@@]3(C)C(=O)[C@H](C)C(=C1C)C2(C)C)C(C)C. The predicted octanol–water partition coefficient (Wildman–Crippen LogP) is 4.26. The van der Waals surface area contributed by atoms with Gasteiger partial charge in [-0.25, -0.2) is 4.79 Å². The Hall–Kier alpha value is -1.77. The summed E-state index contributed by atoms with van der Waals surface area (Å²) in [6, 6.07) is 0. The number of Topliss-reactive ketones (excluding diaryl/α,β-unsaturated/α-hetero) is 1. The minimum absolute atomic E-state index is 0.0533. The zero-order chi connectivity index (χ0) is 29.5. The molecule has 0 amide bonds. The number of carbonyl (C=O) groups is 3. The maximum absolute atomic E-state index is 14.7. The molecule has 3 fully saturated rings. The second-order valence-corrected chi connectivity index (χ2v) is 13.8. The van der Waals surface area contributed by atoms with Crippen LogP contribution in [0.4, 0.5) is 0 Å². The van der Waals surface area contributed by atoms with Gasteiger partial charge >= 0.3 is 11.9 Å². The van der Waals surface area contributed by atoms with Crippen LogP contribution in [-0.2, 0) is 33.3 Å². The third-order valence-electron chi connectivity index (χ3n) is 11.3. The summed E-state index contributed by atoms with van der Waals surface area (Å²) in [6.45, 7) is 19.2. The van der Waals surface area contributed by atoms with Crippen molar-refractivity contribution in [2.24, 2.45) is 40.4 Å². The van der Waals surface area contributed by atoms with Gasteiger partial charge in [0.05, 0.1) is 12.2 Å². The highest BCUT2D eigenvalue weighted by Gasteiger charge is 2.74. The Balaban J connectivity index is 1.92. The zero-order valence-corrected chi connectivity index (χ0v) is 25.5. The second-order valence-electron chi connectivity index (χ2n) is 13.8. The first-order chi connectivity index (χ1) is 17.9. The van der Waals surface area contributed by atoms with Crippen molar-refractivity contribution in [1.29, 1.82) is 0 Å². The first-order valence-corrected chi connectivity index (χ1v) is 14.4. The van der Waals surface area contributed by atoms with Gasteiger partial charge in [-0.05, 0) is 42.2 Å². The van der Waals surface area contributed by atoms with Crippen molar-refractivity contribution >= 4 is 17.7 Å². The van der Waals surface area contributed by atoms with Crippen LogP contribution in [-0.4, -0.2) is 66.1 Å². The van der Waals surface area contributed by atoms with E-state index in [-0.39, 0.29) is 36.8 Å². The number of aliphatic hydroxyl groups is 1. The maximum Gasteiger partial charge on any atom is 0.336 e. The lowest BCUT2D eigenvalue weighted by Gasteiger charge is -2.68. The minimum atomic E-state index is -1.38. The Kier molecular flexibility index (Phi) is 7.48. The molecule has 39 heavy (non-hydrogen) atoms. The predicted molar refractivity (Wildman–Crippen MR) is 145 cm³/mol. The Morgan fingerprint density at radius 2 is 1.74 bits per heavy atom. The van der Waals surface area contributed by atoms with Crippen LogP contribution >= 0.6 is 0 Å². The number of hydrogen-bond donors (Lipinski definition) is 1. The summed E-state index contributed by atoms with van der Waals surface area (Å²) < 4.78 is 23.6. The summed E-state index contributed by atoms with van der Waals surface area (Å²) in [5.74, 6) is -2.50. The van der Waals surface area contributed by atoms with Crippen molar-refractivity contribution in [2.75, 3.05) is 13.7 Å². The van der Waals surface area contributed by atoms with E-state index in [9.17, 15) is 19.5 Å². The number of ketones is 1. The molecule has 6 unspecified atom stereocenters. The average Bonchev–Trinajstić information content (AvgIpc) is 2.82. The Morgan fingerprint density at radius 1 is 1.13 bits per heavy atom. The maximum atomic E-state index is 14.7. The van der Waals surface area contributed by atoms with Gasteiger partial charge in [-0.1, -0.05) is 55.4 Å². The van der Waals surface area contributed by atoms with Crippen molar-refractivity contribution in [2.45, 2.75) is 112 Å². The van der Waals surface area contributed by atoms with Crippen LogP contribution in [0.3, 0.4) is 0 Å². The third-order valence-corrected chi connectivity index (χ3v) is 11.3. The van der Waals surface area contributed by atoms with Gasteiger partial charge in [-0.15, -0.1) is 0 Å². The standard InChI is InChI=1S/C31H48O8/c1-15(2)24(36-11)27(34)38-21-13-31(35)19(6)25-29(10,26(33)18(5)23(17(21)4)28(31,8)9)16(3)12-22-30(25,14-37-22)39-20(7)32/h15-16,18-19,21-22,24-25,35H,12-14H2,1-11H3/t16-,18+,19?,21?,22?,24?,25?,29+,30-,31?/m0/s1. The summed E-state index contributed by atoms with van der Waals surface area (Å²) in [7, 11) is 1.48. The monoisotopic (exact) mass is 548 g/mol. The number of ether oxygens (including phenoxy) is 4. The minimum Gasteiger partial charge on any atom is -0.456 e. The van der Waals surface area contributed by atoms with Crippen LogP contribution in [0.5, 0.6) is 0 Å². The first-order valence-electron chi connectivity index (χ1n) is 14.4. The van der Waals surface area contributed by atoms with Crippen molar-refractivity contribution in [3.63, 3.8) is 0 Å². The molecule has 2 bridgehead atoms. The van der Waals surface area contributed by atoms with Gasteiger partial charge in [0.25, 0.3) is 0 Å². The summed E-state index contributed by atoms with van der Waals surface area (Å²) in [6.07, 6.45) is -1.03. The average molecular weight is 549 g/mol. The summed E-state index contributed by atoms with van der Waals surface area (Å²) >= 11 is 0. The van der Waals surface area contributed by atoms with E-state index in [1.807, 2.05) is 55.4 Å². The number of esters is 2. The number of fused-ring (bicyclic) bond motifs is 5. The summed E-state index contributed by atoms with van der Waals surface area (Å²) in [4.78, 5) is 40.3.